The van der Waals surface area contributed by atoms with E-state index in [1.807, 2.05) is 75.5 Å². The van der Waals surface area contributed by atoms with Gasteiger partial charge in [0.15, 0.2) is 0 Å². The van der Waals surface area contributed by atoms with E-state index in [1.165, 1.54) is 0 Å². The molecule has 3 aromatic rings. The topological polar surface area (TPSA) is 93.0 Å². The second kappa shape index (κ2) is 11.8. The number of ether oxygens (including phenoxy) is 2. The average Bonchev–Trinajstić information content (AvgIpc) is 3.56. The first-order chi connectivity index (χ1) is 20.6. The molecule has 0 aliphatic carbocycles. The molecule has 228 valence electrons. The molecule has 0 radical (unpaired) electrons. The number of rotatable bonds is 4. The number of carbonyl (C=O) groups excluding carboxylic acids is 2. The Kier molecular flexibility index (Phi) is 8.08. The molecule has 5 heterocycles. The molecule has 3 atom stereocenters. The number of carbonyl (C=O) groups is 2. The van der Waals surface area contributed by atoms with E-state index in [1.54, 1.807) is 11.1 Å². The van der Waals surface area contributed by atoms with Gasteiger partial charge in [0.1, 0.15) is 24.0 Å². The predicted molar refractivity (Wildman–Crippen MR) is 162 cm³/mol. The Bertz CT molecular complexity index is 1500. The molecule has 3 aliphatic heterocycles. The van der Waals surface area contributed by atoms with Crippen LogP contribution in [0.25, 0.3) is 0 Å². The molecule has 10 nitrogen and oxygen atoms in total. The number of halogens is 1. The summed E-state index contributed by atoms with van der Waals surface area (Å²) in [6.07, 6.45) is 6.10. The Morgan fingerprint density at radius 1 is 1.12 bits per heavy atom. The fraction of sp³-hybridized carbons (Fsp3) is 0.500. The average molecular weight is 607 g/mol. The van der Waals surface area contributed by atoms with Crippen molar-refractivity contribution in [2.75, 3.05) is 32.7 Å². The summed E-state index contributed by atoms with van der Waals surface area (Å²) in [6, 6.07) is 8.63. The lowest BCUT2D eigenvalue weighted by Gasteiger charge is -2.44. The van der Waals surface area contributed by atoms with Crippen LogP contribution in [0.4, 0.5) is 4.79 Å². The standard InChI is InChI=1S/C32H39ClN6O4/c1-21-15-36(20-35-21)16-22-9-11-38(17-22)30(40)26-18-37(12-13-39(26)31(41)43-32(2,3)4)29-25-8-7-24(33)14-27(25)42-19-23-6-5-10-34-28(23)29/h5-8,10,14-15,20,22,26,29H,9,11-13,16-19H2,1-4H3/t22-,26+,29-/m0/s1. The number of amides is 2. The monoisotopic (exact) mass is 606 g/mol. The van der Waals surface area contributed by atoms with Gasteiger partial charge in [-0.1, -0.05) is 23.7 Å². The molecule has 6 rings (SSSR count). The molecule has 0 saturated carbocycles. The second-order valence-corrected chi connectivity index (χ2v) is 13.2. The predicted octanol–water partition coefficient (Wildman–Crippen LogP) is 4.69. The van der Waals surface area contributed by atoms with Crippen LogP contribution in [-0.2, 0) is 22.7 Å². The van der Waals surface area contributed by atoms with Gasteiger partial charge in [-0.3, -0.25) is 19.6 Å². The summed E-state index contributed by atoms with van der Waals surface area (Å²) < 4.78 is 14.1. The molecule has 3 aliphatic rings. The number of piperazine rings is 1. The maximum Gasteiger partial charge on any atom is 0.411 e. The Morgan fingerprint density at radius 3 is 2.72 bits per heavy atom. The van der Waals surface area contributed by atoms with Crippen molar-refractivity contribution in [3.05, 3.63) is 76.6 Å². The van der Waals surface area contributed by atoms with Gasteiger partial charge in [-0.2, -0.15) is 0 Å². The zero-order valence-corrected chi connectivity index (χ0v) is 26.0. The Balaban J connectivity index is 1.29. The Labute approximate surface area is 257 Å². The van der Waals surface area contributed by atoms with Crippen molar-refractivity contribution >= 4 is 23.6 Å². The summed E-state index contributed by atoms with van der Waals surface area (Å²) in [4.78, 5) is 42.7. The molecular formula is C32H39ClN6O4. The SMILES string of the molecule is Cc1cn(C[C@@H]2CCN(C(=O)[C@H]3CN([C@H]4c5ccc(Cl)cc5OCc5cccnc54)CCN3C(=O)OC(C)(C)C)C2)cn1. The first-order valence-corrected chi connectivity index (χ1v) is 15.3. The molecular weight excluding hydrogens is 568 g/mol. The van der Waals surface area contributed by atoms with Crippen molar-refractivity contribution in [3.8, 4) is 5.75 Å². The highest BCUT2D eigenvalue weighted by Crippen LogP contribution is 2.41. The van der Waals surface area contributed by atoms with Crippen molar-refractivity contribution in [2.45, 2.75) is 65.0 Å². The van der Waals surface area contributed by atoms with E-state index in [9.17, 15) is 9.59 Å². The largest absolute Gasteiger partial charge is 0.488 e. The number of aryl methyl sites for hydroxylation is 1. The molecule has 0 unspecified atom stereocenters. The van der Waals surface area contributed by atoms with Gasteiger partial charge < -0.3 is 18.9 Å². The summed E-state index contributed by atoms with van der Waals surface area (Å²) in [7, 11) is 0. The van der Waals surface area contributed by atoms with Crippen LogP contribution in [0.15, 0.2) is 49.1 Å². The summed E-state index contributed by atoms with van der Waals surface area (Å²) >= 11 is 6.36. The number of benzene rings is 1. The summed E-state index contributed by atoms with van der Waals surface area (Å²) in [5, 5.41) is 0.591. The van der Waals surface area contributed by atoms with E-state index < -0.39 is 17.7 Å². The van der Waals surface area contributed by atoms with Gasteiger partial charge in [-0.15, -0.1) is 0 Å². The van der Waals surface area contributed by atoms with Gasteiger partial charge in [0.2, 0.25) is 5.91 Å². The molecule has 2 saturated heterocycles. The number of likely N-dealkylation sites (tertiary alicyclic amines) is 1. The van der Waals surface area contributed by atoms with Crippen LogP contribution in [-0.4, -0.2) is 85.6 Å². The zero-order chi connectivity index (χ0) is 30.3. The molecule has 0 spiro atoms. The van der Waals surface area contributed by atoms with Crippen LogP contribution in [0.5, 0.6) is 5.75 Å². The molecule has 0 bridgehead atoms. The maximum absolute atomic E-state index is 14.3. The van der Waals surface area contributed by atoms with Crippen molar-refractivity contribution in [3.63, 3.8) is 0 Å². The highest BCUT2D eigenvalue weighted by atomic mass is 35.5. The molecule has 11 heteroatoms. The van der Waals surface area contributed by atoms with Crippen molar-refractivity contribution in [1.82, 2.24) is 29.2 Å². The first kappa shape index (κ1) is 29.4. The molecule has 2 aromatic heterocycles. The van der Waals surface area contributed by atoms with Crippen molar-refractivity contribution < 1.29 is 19.1 Å². The lowest BCUT2D eigenvalue weighted by atomic mass is 9.96. The number of aromatic nitrogens is 3. The van der Waals surface area contributed by atoms with Crippen LogP contribution in [0.3, 0.4) is 0 Å². The number of hydrogen-bond acceptors (Lipinski definition) is 7. The van der Waals surface area contributed by atoms with E-state index >= 15 is 0 Å². The summed E-state index contributed by atoms with van der Waals surface area (Å²) in [5.74, 6) is 0.964. The van der Waals surface area contributed by atoms with Gasteiger partial charge >= 0.3 is 6.09 Å². The van der Waals surface area contributed by atoms with E-state index in [-0.39, 0.29) is 11.9 Å². The van der Waals surface area contributed by atoms with E-state index in [0.717, 1.165) is 35.5 Å². The fourth-order valence-electron chi connectivity index (χ4n) is 6.40. The summed E-state index contributed by atoms with van der Waals surface area (Å²) in [6.45, 7) is 11.2. The van der Waals surface area contributed by atoms with E-state index in [4.69, 9.17) is 26.1 Å². The van der Waals surface area contributed by atoms with Crippen molar-refractivity contribution in [1.29, 1.82) is 0 Å². The molecule has 0 N–H and O–H groups in total. The minimum absolute atomic E-state index is 0.0534. The van der Waals surface area contributed by atoms with Gasteiger partial charge in [-0.05, 0) is 58.2 Å². The third-order valence-electron chi connectivity index (χ3n) is 8.36. The van der Waals surface area contributed by atoms with Crippen LogP contribution in [0.1, 0.15) is 55.7 Å². The van der Waals surface area contributed by atoms with E-state index in [2.05, 4.69) is 14.5 Å². The minimum atomic E-state index is -0.704. The normalized spacial score (nSPS) is 22.4. The smallest absolute Gasteiger partial charge is 0.411 e. The second-order valence-electron chi connectivity index (χ2n) is 12.8. The maximum atomic E-state index is 14.3. The lowest BCUT2D eigenvalue weighted by Crippen LogP contribution is -2.62. The Hall–Kier alpha value is -3.63. The van der Waals surface area contributed by atoms with Crippen molar-refractivity contribution in [2.24, 2.45) is 5.92 Å². The third-order valence-corrected chi connectivity index (χ3v) is 8.59. The quantitative estimate of drug-likeness (QED) is 0.425. The summed E-state index contributed by atoms with van der Waals surface area (Å²) in [5.41, 5.74) is 3.11. The van der Waals surface area contributed by atoms with Crippen LogP contribution in [0.2, 0.25) is 5.02 Å². The first-order valence-electron chi connectivity index (χ1n) is 14.9. The molecule has 2 amide bonds. The molecule has 1 aromatic carbocycles. The lowest BCUT2D eigenvalue weighted by molar-refractivity contribution is -0.138. The highest BCUT2D eigenvalue weighted by Gasteiger charge is 2.44. The van der Waals surface area contributed by atoms with Gasteiger partial charge in [0, 0.05) is 67.8 Å². The molecule has 2 fully saturated rings. The number of fused-ring (bicyclic) bond motifs is 2. The van der Waals surface area contributed by atoms with E-state index in [0.29, 0.717) is 56.0 Å². The minimum Gasteiger partial charge on any atom is -0.488 e. The fourth-order valence-corrected chi connectivity index (χ4v) is 6.56. The number of hydrogen-bond donors (Lipinski definition) is 0. The highest BCUT2D eigenvalue weighted by molar-refractivity contribution is 6.30. The van der Waals surface area contributed by atoms with Crippen LogP contribution < -0.4 is 4.74 Å². The van der Waals surface area contributed by atoms with Gasteiger partial charge in [0.25, 0.3) is 0 Å². The zero-order valence-electron chi connectivity index (χ0n) is 25.2. The van der Waals surface area contributed by atoms with Crippen LogP contribution in [0, 0.1) is 12.8 Å². The third kappa shape index (κ3) is 6.35. The number of nitrogens with zero attached hydrogens (tertiary/aromatic N) is 6. The number of pyridine rings is 1. The Morgan fingerprint density at radius 2 is 1.95 bits per heavy atom. The molecule has 43 heavy (non-hydrogen) atoms. The number of imidazole rings is 1. The van der Waals surface area contributed by atoms with Gasteiger partial charge in [0.05, 0.1) is 23.8 Å². The van der Waals surface area contributed by atoms with Gasteiger partial charge in [-0.25, -0.2) is 9.78 Å². The van der Waals surface area contributed by atoms with Crippen LogP contribution >= 0.6 is 11.6 Å².